The topological polar surface area (TPSA) is 38.3 Å². The summed E-state index contributed by atoms with van der Waals surface area (Å²) in [5.74, 6) is 3.44. The van der Waals surface area contributed by atoms with E-state index in [1.54, 1.807) is 0 Å². The van der Waals surface area contributed by atoms with E-state index in [0.717, 1.165) is 44.4 Å². The number of benzene rings is 2. The molecule has 2 aromatic rings. The van der Waals surface area contributed by atoms with Crippen LogP contribution in [-0.4, -0.2) is 18.9 Å². The minimum Gasteiger partial charge on any atom is -0.492 e. The number of ketones is 1. The smallest absolute Gasteiger partial charge is 0.139 e. The quantitative estimate of drug-likeness (QED) is 0.600. The molecule has 3 aliphatic rings. The van der Waals surface area contributed by atoms with Gasteiger partial charge in [0, 0.05) is 24.4 Å². The molecule has 0 spiro atoms. The lowest BCUT2D eigenvalue weighted by Gasteiger charge is -2.48. The van der Waals surface area contributed by atoms with E-state index in [0.29, 0.717) is 36.2 Å². The number of aryl methyl sites for hydroxylation is 1. The van der Waals surface area contributed by atoms with E-state index in [2.05, 4.69) is 67.7 Å². The Morgan fingerprint density at radius 3 is 2.77 bits per heavy atom. The molecule has 0 heterocycles. The number of ether oxygens (including phenoxy) is 1. The zero-order valence-electron chi connectivity index (χ0n) is 18.9. The molecule has 5 atom stereocenters. The van der Waals surface area contributed by atoms with E-state index in [4.69, 9.17) is 4.74 Å². The van der Waals surface area contributed by atoms with Crippen LogP contribution >= 0.6 is 0 Å². The van der Waals surface area contributed by atoms with Crippen molar-refractivity contribution in [3.63, 3.8) is 0 Å². The highest BCUT2D eigenvalue weighted by atomic mass is 16.5. The van der Waals surface area contributed by atoms with Gasteiger partial charge in [0.05, 0.1) is 0 Å². The second-order valence-corrected chi connectivity index (χ2v) is 10.1. The molecule has 3 aliphatic carbocycles. The van der Waals surface area contributed by atoms with Crippen molar-refractivity contribution < 1.29 is 9.53 Å². The van der Waals surface area contributed by atoms with Crippen LogP contribution in [0.1, 0.15) is 74.6 Å². The second kappa shape index (κ2) is 8.43. The lowest BCUT2D eigenvalue weighted by Crippen LogP contribution is -2.42. The third-order valence-corrected chi connectivity index (χ3v) is 8.53. The summed E-state index contributed by atoms with van der Waals surface area (Å²) in [6, 6.07) is 17.6. The number of carbonyl (C=O) groups is 1. The fourth-order valence-corrected chi connectivity index (χ4v) is 6.72. The molecule has 0 aliphatic heterocycles. The van der Waals surface area contributed by atoms with Crippen LogP contribution in [0, 0.1) is 17.3 Å². The monoisotopic (exact) mass is 417 g/mol. The number of hydrogen-bond acceptors (Lipinski definition) is 3. The van der Waals surface area contributed by atoms with Crippen molar-refractivity contribution in [2.24, 2.45) is 17.3 Å². The summed E-state index contributed by atoms with van der Waals surface area (Å²) in [5, 5.41) is 3.54. The first kappa shape index (κ1) is 20.8. The third-order valence-electron chi connectivity index (χ3n) is 8.53. The summed E-state index contributed by atoms with van der Waals surface area (Å²) in [6.07, 6.45) is 6.50. The van der Waals surface area contributed by atoms with E-state index >= 15 is 0 Å². The van der Waals surface area contributed by atoms with Gasteiger partial charge in [-0.2, -0.15) is 0 Å². The van der Waals surface area contributed by atoms with Crippen molar-refractivity contribution >= 4 is 5.78 Å². The molecule has 3 nitrogen and oxygen atoms in total. The molecule has 2 aromatic carbocycles. The summed E-state index contributed by atoms with van der Waals surface area (Å²) in [6.45, 7) is 5.94. The molecule has 1 unspecified atom stereocenters. The van der Waals surface area contributed by atoms with Gasteiger partial charge in [0.25, 0.3) is 0 Å². The van der Waals surface area contributed by atoms with Gasteiger partial charge in [0.15, 0.2) is 0 Å². The Hall–Kier alpha value is -2.13. The van der Waals surface area contributed by atoms with Crippen LogP contribution < -0.4 is 10.1 Å². The lowest BCUT2D eigenvalue weighted by atomic mass is 9.55. The van der Waals surface area contributed by atoms with Crippen molar-refractivity contribution in [3.8, 4) is 5.75 Å². The van der Waals surface area contributed by atoms with Gasteiger partial charge in [0.1, 0.15) is 18.1 Å². The highest BCUT2D eigenvalue weighted by Gasteiger charge is 2.54. The summed E-state index contributed by atoms with van der Waals surface area (Å²) in [4.78, 5) is 12.5. The van der Waals surface area contributed by atoms with Crippen molar-refractivity contribution in [1.82, 2.24) is 5.32 Å². The first-order valence-electron chi connectivity index (χ1n) is 12.1. The van der Waals surface area contributed by atoms with Crippen LogP contribution in [0.2, 0.25) is 0 Å². The predicted molar refractivity (Wildman–Crippen MR) is 124 cm³/mol. The molecule has 2 saturated carbocycles. The maximum atomic E-state index is 12.5. The van der Waals surface area contributed by atoms with Crippen molar-refractivity contribution in [1.29, 1.82) is 0 Å². The molecule has 0 amide bonds. The maximum Gasteiger partial charge on any atom is 0.139 e. The first-order valence-corrected chi connectivity index (χ1v) is 12.1. The lowest BCUT2D eigenvalue weighted by molar-refractivity contribution is -0.129. The van der Waals surface area contributed by atoms with E-state index in [9.17, 15) is 4.79 Å². The van der Waals surface area contributed by atoms with E-state index in [1.165, 1.54) is 23.1 Å². The Bertz CT molecular complexity index is 939. The molecular formula is C28H35NO2. The number of rotatable bonds is 6. The summed E-state index contributed by atoms with van der Waals surface area (Å²) in [5.41, 5.74) is 4.27. The van der Waals surface area contributed by atoms with E-state index in [-0.39, 0.29) is 5.41 Å². The Labute approximate surface area is 186 Å². The molecule has 164 valence electrons. The Kier molecular flexibility index (Phi) is 5.64. The molecule has 31 heavy (non-hydrogen) atoms. The summed E-state index contributed by atoms with van der Waals surface area (Å²) < 4.78 is 6.09. The largest absolute Gasteiger partial charge is 0.492 e. The Morgan fingerprint density at radius 2 is 1.94 bits per heavy atom. The van der Waals surface area contributed by atoms with Crippen molar-refractivity contribution in [2.45, 2.75) is 64.3 Å². The van der Waals surface area contributed by atoms with Crippen LogP contribution in [-0.2, 0) is 11.2 Å². The molecule has 0 aromatic heterocycles. The first-order chi connectivity index (χ1) is 15.1. The van der Waals surface area contributed by atoms with Gasteiger partial charge in [-0.05, 0) is 85.6 Å². The predicted octanol–water partition coefficient (Wildman–Crippen LogP) is 5.84. The summed E-state index contributed by atoms with van der Waals surface area (Å²) >= 11 is 0. The SMILES string of the molecule is CC(NCCOc1ccc2c(c1)CC[C@@H]1[C@@H]2CC[C@]2(C)C(=O)CC[C@@H]12)c1ccccc1. The normalized spacial score (nSPS) is 30.3. The van der Waals surface area contributed by atoms with Gasteiger partial charge in [-0.1, -0.05) is 43.3 Å². The van der Waals surface area contributed by atoms with Crippen LogP contribution in [0.5, 0.6) is 5.75 Å². The molecule has 3 heteroatoms. The number of fused-ring (bicyclic) bond motifs is 5. The molecule has 0 bridgehead atoms. The van der Waals surface area contributed by atoms with Gasteiger partial charge < -0.3 is 10.1 Å². The van der Waals surface area contributed by atoms with Gasteiger partial charge >= 0.3 is 0 Å². The van der Waals surface area contributed by atoms with Gasteiger partial charge in [-0.3, -0.25) is 4.79 Å². The second-order valence-electron chi connectivity index (χ2n) is 10.1. The molecule has 1 N–H and O–H groups in total. The summed E-state index contributed by atoms with van der Waals surface area (Å²) in [7, 11) is 0. The zero-order valence-corrected chi connectivity index (χ0v) is 18.9. The van der Waals surface area contributed by atoms with Crippen LogP contribution in [0.25, 0.3) is 0 Å². The average molecular weight is 418 g/mol. The highest BCUT2D eigenvalue weighted by molar-refractivity contribution is 5.87. The standard InChI is InChI=1S/C28H35NO2/c1-19(20-6-4-3-5-7-20)29-16-17-31-22-9-11-23-21(18-22)8-10-25-24(23)14-15-28(2)26(25)12-13-27(28)30/h3-7,9,11,18-19,24-26,29H,8,10,12-17H2,1-2H3/t19?,24-,25-,26+,28+/m1/s1. The Balaban J connectivity index is 1.19. The molecule has 0 radical (unpaired) electrons. The number of carbonyl (C=O) groups excluding carboxylic acids is 1. The van der Waals surface area contributed by atoms with Crippen molar-refractivity contribution in [2.75, 3.05) is 13.2 Å². The van der Waals surface area contributed by atoms with Crippen LogP contribution in [0.4, 0.5) is 0 Å². The molecule has 5 rings (SSSR count). The Morgan fingerprint density at radius 1 is 1.10 bits per heavy atom. The minimum absolute atomic E-state index is 0.0361. The van der Waals surface area contributed by atoms with Gasteiger partial charge in [0.2, 0.25) is 0 Å². The molecule has 2 fully saturated rings. The third kappa shape index (κ3) is 3.82. The number of Topliss-reactive ketones (excluding diaryl/α,β-unsaturated/α-hetero) is 1. The molecular weight excluding hydrogens is 382 g/mol. The number of hydrogen-bond donors (Lipinski definition) is 1. The van der Waals surface area contributed by atoms with E-state index < -0.39 is 0 Å². The van der Waals surface area contributed by atoms with E-state index in [1.807, 2.05) is 0 Å². The van der Waals surface area contributed by atoms with Gasteiger partial charge in [-0.25, -0.2) is 0 Å². The highest BCUT2D eigenvalue weighted by Crippen LogP contribution is 2.59. The zero-order chi connectivity index (χ0) is 21.4. The van der Waals surface area contributed by atoms with Crippen LogP contribution in [0.3, 0.4) is 0 Å². The number of nitrogens with one attached hydrogen (secondary N) is 1. The van der Waals surface area contributed by atoms with Crippen molar-refractivity contribution in [3.05, 3.63) is 65.2 Å². The van der Waals surface area contributed by atoms with Gasteiger partial charge in [-0.15, -0.1) is 0 Å². The fourth-order valence-electron chi connectivity index (χ4n) is 6.72. The fraction of sp³-hybridized carbons (Fsp3) is 0.536. The minimum atomic E-state index is -0.0361. The maximum absolute atomic E-state index is 12.5. The van der Waals surface area contributed by atoms with Crippen LogP contribution in [0.15, 0.2) is 48.5 Å². The average Bonchev–Trinajstić information content (AvgIpc) is 3.11. The molecule has 0 saturated heterocycles.